The minimum Gasteiger partial charge on any atom is -0.355 e. The van der Waals surface area contributed by atoms with Crippen LogP contribution in [0.3, 0.4) is 0 Å². The zero-order valence-corrected chi connectivity index (χ0v) is 25.5. The first-order valence-corrected chi connectivity index (χ1v) is 16.2. The molecule has 0 radical (unpaired) electrons. The van der Waals surface area contributed by atoms with Gasteiger partial charge in [-0.25, -0.2) is 4.39 Å². The van der Waals surface area contributed by atoms with E-state index >= 15 is 0 Å². The number of hydrogen-bond acceptors (Lipinski definition) is 3. The standard InChI is InChI=1S/C36H41ClFN3O2/c37-32-12-6-5-9-27(32)17-20-39-33(42)36(29-13-15-31(38)16-14-29)25-30(36)26-40-23-18-35(19-24-40,28-10-3-1-4-11-28)34(43)41-21-7-2-8-22-41/h1,3-6,9-16,30H,2,7-8,17-26H2,(H,39,42). The van der Waals surface area contributed by atoms with E-state index in [4.69, 9.17) is 11.6 Å². The maximum absolute atomic E-state index is 14.1. The summed E-state index contributed by atoms with van der Waals surface area (Å²) < 4.78 is 13.9. The number of halogens is 2. The quantitative estimate of drug-likeness (QED) is 0.320. The predicted octanol–water partition coefficient (Wildman–Crippen LogP) is 6.14. The van der Waals surface area contributed by atoms with Gasteiger partial charge in [-0.05, 0) is 98.8 Å². The highest BCUT2D eigenvalue weighted by Gasteiger charge is 2.61. The first kappa shape index (κ1) is 29.8. The minimum absolute atomic E-state index is 0.00733. The van der Waals surface area contributed by atoms with Gasteiger partial charge in [0.25, 0.3) is 0 Å². The van der Waals surface area contributed by atoms with Gasteiger partial charge >= 0.3 is 0 Å². The highest BCUT2D eigenvalue weighted by molar-refractivity contribution is 6.31. The normalized spacial score (nSPS) is 23.5. The van der Waals surface area contributed by atoms with Crippen LogP contribution in [0.2, 0.25) is 5.02 Å². The Morgan fingerprint density at radius 2 is 1.51 bits per heavy atom. The number of piperidine rings is 2. The molecule has 43 heavy (non-hydrogen) atoms. The van der Waals surface area contributed by atoms with Crippen LogP contribution in [0.5, 0.6) is 0 Å². The van der Waals surface area contributed by atoms with E-state index in [0.717, 1.165) is 81.5 Å². The van der Waals surface area contributed by atoms with E-state index < -0.39 is 10.8 Å². The van der Waals surface area contributed by atoms with E-state index in [1.54, 1.807) is 12.1 Å². The van der Waals surface area contributed by atoms with Crippen LogP contribution in [-0.4, -0.2) is 60.9 Å². The Morgan fingerprint density at radius 3 is 2.21 bits per heavy atom. The van der Waals surface area contributed by atoms with Crippen LogP contribution < -0.4 is 5.32 Å². The van der Waals surface area contributed by atoms with Crippen molar-refractivity contribution in [3.63, 3.8) is 0 Å². The Hall–Kier alpha value is -3.22. The topological polar surface area (TPSA) is 52.7 Å². The summed E-state index contributed by atoms with van der Waals surface area (Å²) in [7, 11) is 0. The largest absolute Gasteiger partial charge is 0.355 e. The van der Waals surface area contributed by atoms with Gasteiger partial charge in [-0.1, -0.05) is 72.3 Å². The molecule has 1 saturated carbocycles. The van der Waals surface area contributed by atoms with Crippen molar-refractivity contribution in [1.29, 1.82) is 0 Å². The fourth-order valence-electron chi connectivity index (χ4n) is 7.44. The van der Waals surface area contributed by atoms with Gasteiger partial charge in [0.1, 0.15) is 5.82 Å². The third kappa shape index (κ3) is 6.09. The second kappa shape index (κ2) is 12.8. The van der Waals surface area contributed by atoms with Gasteiger partial charge in [0.2, 0.25) is 11.8 Å². The number of likely N-dealkylation sites (tertiary alicyclic amines) is 2. The zero-order valence-electron chi connectivity index (χ0n) is 24.7. The predicted molar refractivity (Wildman–Crippen MR) is 169 cm³/mol. The third-order valence-corrected chi connectivity index (χ3v) is 10.4. The van der Waals surface area contributed by atoms with E-state index in [1.165, 1.54) is 18.6 Å². The van der Waals surface area contributed by atoms with Crippen LogP contribution in [0, 0.1) is 11.7 Å². The van der Waals surface area contributed by atoms with Gasteiger partial charge in [0.15, 0.2) is 0 Å². The molecule has 1 aliphatic carbocycles. The molecule has 3 aromatic carbocycles. The lowest BCUT2D eigenvalue weighted by molar-refractivity contribution is -0.140. The lowest BCUT2D eigenvalue weighted by atomic mass is 9.71. The molecule has 2 heterocycles. The summed E-state index contributed by atoms with van der Waals surface area (Å²) >= 11 is 6.33. The Bertz CT molecular complexity index is 1420. The molecule has 0 spiro atoms. The van der Waals surface area contributed by atoms with Crippen LogP contribution in [-0.2, 0) is 26.8 Å². The maximum atomic E-state index is 14.1. The van der Waals surface area contributed by atoms with Crippen molar-refractivity contribution < 1.29 is 14.0 Å². The van der Waals surface area contributed by atoms with Crippen LogP contribution in [0.4, 0.5) is 4.39 Å². The summed E-state index contributed by atoms with van der Waals surface area (Å²) in [6.45, 7) is 4.57. The van der Waals surface area contributed by atoms with Gasteiger partial charge in [-0.15, -0.1) is 0 Å². The molecule has 2 amide bonds. The SMILES string of the molecule is O=C(N1CCCCC1)C1(c2ccccc2)CCN(CC2CC2(C(=O)NCCc2ccccc2Cl)c2ccc(F)cc2)CC1. The Morgan fingerprint density at radius 1 is 0.837 bits per heavy atom. The van der Waals surface area contributed by atoms with E-state index in [1.807, 2.05) is 42.5 Å². The molecular weight excluding hydrogens is 561 g/mol. The van der Waals surface area contributed by atoms with Crippen molar-refractivity contribution in [2.75, 3.05) is 39.3 Å². The first-order valence-electron chi connectivity index (χ1n) is 15.8. The molecule has 3 aliphatic rings. The monoisotopic (exact) mass is 601 g/mol. The summed E-state index contributed by atoms with van der Waals surface area (Å²) in [6, 6.07) is 24.4. The smallest absolute Gasteiger partial charge is 0.233 e. The molecule has 0 bridgehead atoms. The average molecular weight is 602 g/mol. The lowest BCUT2D eigenvalue weighted by Gasteiger charge is -2.44. The number of rotatable bonds is 9. The molecule has 1 N–H and O–H groups in total. The van der Waals surface area contributed by atoms with Crippen LogP contribution in [0.25, 0.3) is 0 Å². The molecule has 2 saturated heterocycles. The molecule has 3 aromatic rings. The van der Waals surface area contributed by atoms with Crippen LogP contribution in [0.15, 0.2) is 78.9 Å². The Balaban J connectivity index is 1.15. The summed E-state index contributed by atoms with van der Waals surface area (Å²) in [4.78, 5) is 32.4. The third-order valence-electron chi connectivity index (χ3n) is 10.1. The van der Waals surface area contributed by atoms with Gasteiger partial charge in [-0.3, -0.25) is 9.59 Å². The summed E-state index contributed by atoms with van der Waals surface area (Å²) in [5, 5.41) is 3.87. The van der Waals surface area contributed by atoms with Gasteiger partial charge in [0, 0.05) is 31.2 Å². The molecular formula is C36H41ClFN3O2. The molecule has 2 unspecified atom stereocenters. The Kier molecular flexibility index (Phi) is 8.88. The highest BCUT2D eigenvalue weighted by atomic mass is 35.5. The first-order chi connectivity index (χ1) is 20.9. The molecule has 3 fully saturated rings. The summed E-state index contributed by atoms with van der Waals surface area (Å²) in [6.07, 6.45) is 6.27. The number of carbonyl (C=O) groups excluding carboxylic acids is 2. The fraction of sp³-hybridized carbons (Fsp3) is 0.444. The number of amides is 2. The summed E-state index contributed by atoms with van der Waals surface area (Å²) in [5.41, 5.74) is 1.82. The number of hydrogen-bond donors (Lipinski definition) is 1. The maximum Gasteiger partial charge on any atom is 0.233 e. The molecule has 5 nitrogen and oxygen atoms in total. The minimum atomic E-state index is -0.675. The van der Waals surface area contributed by atoms with Crippen molar-refractivity contribution in [3.05, 3.63) is 106 Å². The van der Waals surface area contributed by atoms with Crippen molar-refractivity contribution >= 4 is 23.4 Å². The van der Waals surface area contributed by atoms with Crippen LogP contribution >= 0.6 is 11.6 Å². The second-order valence-electron chi connectivity index (χ2n) is 12.6. The number of benzene rings is 3. The molecule has 226 valence electrons. The van der Waals surface area contributed by atoms with Gasteiger partial charge in [-0.2, -0.15) is 0 Å². The highest BCUT2D eigenvalue weighted by Crippen LogP contribution is 2.55. The van der Waals surface area contributed by atoms with E-state index in [2.05, 4.69) is 27.2 Å². The molecule has 6 rings (SSSR count). The Labute approximate surface area is 259 Å². The van der Waals surface area contributed by atoms with Gasteiger partial charge < -0.3 is 15.1 Å². The molecule has 0 aromatic heterocycles. The molecule has 2 aliphatic heterocycles. The van der Waals surface area contributed by atoms with E-state index in [-0.39, 0.29) is 23.5 Å². The van der Waals surface area contributed by atoms with Crippen molar-refractivity contribution in [1.82, 2.24) is 15.1 Å². The average Bonchev–Trinajstić information content (AvgIpc) is 3.78. The number of carbonyl (C=O) groups is 2. The van der Waals surface area contributed by atoms with E-state index in [0.29, 0.717) is 18.0 Å². The zero-order chi connectivity index (χ0) is 29.9. The molecule has 2 atom stereocenters. The second-order valence-corrected chi connectivity index (χ2v) is 13.0. The van der Waals surface area contributed by atoms with Crippen LogP contribution in [0.1, 0.15) is 55.2 Å². The van der Waals surface area contributed by atoms with Crippen molar-refractivity contribution in [2.24, 2.45) is 5.92 Å². The van der Waals surface area contributed by atoms with Gasteiger partial charge in [0.05, 0.1) is 10.8 Å². The van der Waals surface area contributed by atoms with Crippen molar-refractivity contribution in [2.45, 2.75) is 55.8 Å². The lowest BCUT2D eigenvalue weighted by Crippen LogP contribution is -2.54. The fourth-order valence-corrected chi connectivity index (χ4v) is 7.67. The van der Waals surface area contributed by atoms with E-state index in [9.17, 15) is 14.0 Å². The molecule has 7 heteroatoms. The summed E-state index contributed by atoms with van der Waals surface area (Å²) in [5.74, 6) is 0.0947. The number of nitrogens with zero attached hydrogens (tertiary/aromatic N) is 2. The number of nitrogens with one attached hydrogen (secondary N) is 1. The van der Waals surface area contributed by atoms with Crippen molar-refractivity contribution in [3.8, 4) is 0 Å².